The van der Waals surface area contributed by atoms with Crippen molar-refractivity contribution in [3.8, 4) is 0 Å². The Morgan fingerprint density at radius 3 is 2.31 bits per heavy atom. The molecule has 2 rings (SSSR count). The molecule has 0 saturated heterocycles. The summed E-state index contributed by atoms with van der Waals surface area (Å²) in [6.07, 6.45) is 6.55. The summed E-state index contributed by atoms with van der Waals surface area (Å²) in [6.45, 7) is 9.86. The van der Waals surface area contributed by atoms with Gasteiger partial charge in [0.05, 0.1) is 6.04 Å². The average molecular weight is 223 g/mol. The van der Waals surface area contributed by atoms with E-state index < -0.39 is 0 Å². The first-order chi connectivity index (χ1) is 7.42. The monoisotopic (exact) mass is 223 g/mol. The molecule has 0 bridgehead atoms. The highest BCUT2D eigenvalue weighted by atomic mass is 16.5. The second-order valence-corrected chi connectivity index (χ2v) is 6.75. The third-order valence-electron chi connectivity index (χ3n) is 4.12. The van der Waals surface area contributed by atoms with Gasteiger partial charge in [0.1, 0.15) is 6.61 Å². The predicted octanol–water partition coefficient (Wildman–Crippen LogP) is 3.80. The van der Waals surface area contributed by atoms with Crippen molar-refractivity contribution < 1.29 is 4.74 Å². The topological polar surface area (TPSA) is 21.6 Å². The molecular weight excluding hydrogens is 198 g/mol. The maximum atomic E-state index is 5.88. The Hall–Kier alpha value is -0.530. The van der Waals surface area contributed by atoms with E-state index in [4.69, 9.17) is 9.73 Å². The first kappa shape index (κ1) is 11.9. The molecule has 1 atom stereocenters. The van der Waals surface area contributed by atoms with E-state index in [1.807, 2.05) is 0 Å². The molecule has 0 aromatic rings. The van der Waals surface area contributed by atoms with Crippen LogP contribution in [0.2, 0.25) is 0 Å². The van der Waals surface area contributed by atoms with Crippen molar-refractivity contribution in [2.75, 3.05) is 6.61 Å². The van der Waals surface area contributed by atoms with E-state index in [2.05, 4.69) is 27.7 Å². The lowest BCUT2D eigenvalue weighted by molar-refractivity contribution is 0.201. The van der Waals surface area contributed by atoms with Crippen LogP contribution in [-0.2, 0) is 4.74 Å². The fraction of sp³-hybridized carbons (Fsp3) is 0.929. The fourth-order valence-electron chi connectivity index (χ4n) is 2.69. The molecule has 2 nitrogen and oxygen atoms in total. The summed E-state index contributed by atoms with van der Waals surface area (Å²) < 4.78 is 5.88. The maximum Gasteiger partial charge on any atom is 0.189 e. The lowest BCUT2D eigenvalue weighted by Crippen LogP contribution is -2.30. The maximum absolute atomic E-state index is 5.88. The lowest BCUT2D eigenvalue weighted by Gasteiger charge is -2.32. The molecule has 0 aromatic heterocycles. The quantitative estimate of drug-likeness (QED) is 0.662. The zero-order valence-corrected chi connectivity index (χ0v) is 11.2. The number of rotatable bonds is 1. The van der Waals surface area contributed by atoms with Gasteiger partial charge >= 0.3 is 0 Å². The molecule has 1 aliphatic carbocycles. The zero-order chi connectivity index (χ0) is 11.8. The van der Waals surface area contributed by atoms with Gasteiger partial charge in [0, 0.05) is 5.41 Å². The Kier molecular flexibility index (Phi) is 3.02. The standard InChI is InChI=1S/C14H25NO/c1-13(2,3)11-10-16-12(15-11)14(4)8-6-5-7-9-14/h11H,5-10H2,1-4H3/t11-/m1/s1. The van der Waals surface area contributed by atoms with Crippen molar-refractivity contribution in [2.24, 2.45) is 15.8 Å². The molecular formula is C14H25NO. The van der Waals surface area contributed by atoms with Gasteiger partial charge in [0.2, 0.25) is 0 Å². The first-order valence-corrected chi connectivity index (χ1v) is 6.63. The molecule has 1 heterocycles. The van der Waals surface area contributed by atoms with Crippen LogP contribution in [0.5, 0.6) is 0 Å². The van der Waals surface area contributed by atoms with Crippen LogP contribution < -0.4 is 0 Å². The predicted molar refractivity (Wildman–Crippen MR) is 67.8 cm³/mol. The number of ether oxygens (including phenoxy) is 1. The zero-order valence-electron chi connectivity index (χ0n) is 11.2. The average Bonchev–Trinajstić information content (AvgIpc) is 2.67. The van der Waals surface area contributed by atoms with E-state index in [1.165, 1.54) is 32.1 Å². The molecule has 1 fully saturated rings. The number of hydrogen-bond donors (Lipinski definition) is 0. The highest BCUT2D eigenvalue weighted by Crippen LogP contribution is 2.40. The molecule has 0 amide bonds. The van der Waals surface area contributed by atoms with Gasteiger partial charge in [-0.3, -0.25) is 0 Å². The lowest BCUT2D eigenvalue weighted by atomic mass is 9.75. The van der Waals surface area contributed by atoms with Crippen LogP contribution in [0.4, 0.5) is 0 Å². The van der Waals surface area contributed by atoms with Gasteiger partial charge in [0.15, 0.2) is 5.90 Å². The van der Waals surface area contributed by atoms with Crippen LogP contribution in [0, 0.1) is 10.8 Å². The molecule has 2 heteroatoms. The molecule has 1 aliphatic heterocycles. The summed E-state index contributed by atoms with van der Waals surface area (Å²) >= 11 is 0. The van der Waals surface area contributed by atoms with E-state index in [9.17, 15) is 0 Å². The molecule has 0 N–H and O–H groups in total. The molecule has 2 aliphatic rings. The van der Waals surface area contributed by atoms with Gasteiger partial charge in [-0.25, -0.2) is 4.99 Å². The summed E-state index contributed by atoms with van der Waals surface area (Å²) in [7, 11) is 0. The van der Waals surface area contributed by atoms with Crippen LogP contribution >= 0.6 is 0 Å². The largest absolute Gasteiger partial charge is 0.478 e. The van der Waals surface area contributed by atoms with Crippen LogP contribution in [-0.4, -0.2) is 18.5 Å². The smallest absolute Gasteiger partial charge is 0.189 e. The van der Waals surface area contributed by atoms with Crippen LogP contribution in [0.3, 0.4) is 0 Å². The van der Waals surface area contributed by atoms with Crippen molar-refractivity contribution in [1.29, 1.82) is 0 Å². The van der Waals surface area contributed by atoms with Crippen molar-refractivity contribution >= 4 is 5.90 Å². The normalized spacial score (nSPS) is 29.8. The highest BCUT2D eigenvalue weighted by molar-refractivity contribution is 5.83. The number of nitrogens with zero attached hydrogens (tertiary/aromatic N) is 1. The minimum atomic E-state index is 0.229. The third-order valence-corrected chi connectivity index (χ3v) is 4.12. The van der Waals surface area contributed by atoms with Crippen molar-refractivity contribution in [3.63, 3.8) is 0 Å². The van der Waals surface area contributed by atoms with E-state index in [0.29, 0.717) is 6.04 Å². The summed E-state index contributed by atoms with van der Waals surface area (Å²) in [5, 5.41) is 0. The highest BCUT2D eigenvalue weighted by Gasteiger charge is 2.39. The molecule has 0 spiro atoms. The summed E-state index contributed by atoms with van der Waals surface area (Å²) in [6, 6.07) is 0.348. The summed E-state index contributed by atoms with van der Waals surface area (Å²) in [5.74, 6) is 1.05. The Balaban J connectivity index is 2.11. The SMILES string of the molecule is CC1(C2=N[C@@H](C(C)(C)C)CO2)CCCCC1. The van der Waals surface area contributed by atoms with E-state index in [1.54, 1.807) is 0 Å². The molecule has 1 saturated carbocycles. The second kappa shape index (κ2) is 4.05. The Labute approximate surface area is 99.5 Å². The fourth-order valence-corrected chi connectivity index (χ4v) is 2.69. The molecule has 0 radical (unpaired) electrons. The molecule has 0 unspecified atom stereocenters. The summed E-state index contributed by atoms with van der Waals surface area (Å²) in [5.41, 5.74) is 0.463. The minimum absolute atomic E-state index is 0.229. The van der Waals surface area contributed by atoms with Gasteiger partial charge in [-0.15, -0.1) is 0 Å². The minimum Gasteiger partial charge on any atom is -0.478 e. The Morgan fingerprint density at radius 2 is 1.81 bits per heavy atom. The van der Waals surface area contributed by atoms with Gasteiger partial charge < -0.3 is 4.74 Å². The van der Waals surface area contributed by atoms with E-state index in [0.717, 1.165) is 12.5 Å². The summed E-state index contributed by atoms with van der Waals surface area (Å²) in [4.78, 5) is 4.85. The molecule has 0 aromatic carbocycles. The number of hydrogen-bond acceptors (Lipinski definition) is 2. The first-order valence-electron chi connectivity index (χ1n) is 6.63. The third kappa shape index (κ3) is 2.26. The van der Waals surface area contributed by atoms with Gasteiger partial charge in [-0.2, -0.15) is 0 Å². The van der Waals surface area contributed by atoms with Gasteiger partial charge in [-0.1, -0.05) is 47.0 Å². The Morgan fingerprint density at radius 1 is 1.19 bits per heavy atom. The van der Waals surface area contributed by atoms with Crippen LogP contribution in [0.15, 0.2) is 4.99 Å². The second-order valence-electron chi connectivity index (χ2n) is 6.75. The molecule has 16 heavy (non-hydrogen) atoms. The molecule has 92 valence electrons. The van der Waals surface area contributed by atoms with Gasteiger partial charge in [-0.05, 0) is 18.3 Å². The Bertz CT molecular complexity index is 282. The van der Waals surface area contributed by atoms with Crippen LogP contribution in [0.25, 0.3) is 0 Å². The van der Waals surface area contributed by atoms with Crippen molar-refractivity contribution in [2.45, 2.75) is 65.8 Å². The van der Waals surface area contributed by atoms with Crippen LogP contribution in [0.1, 0.15) is 59.8 Å². The van der Waals surface area contributed by atoms with Crippen molar-refractivity contribution in [3.05, 3.63) is 0 Å². The van der Waals surface area contributed by atoms with Crippen molar-refractivity contribution in [1.82, 2.24) is 0 Å². The van der Waals surface area contributed by atoms with Gasteiger partial charge in [0.25, 0.3) is 0 Å². The number of aliphatic imine (C=N–C) groups is 1. The van der Waals surface area contributed by atoms with E-state index >= 15 is 0 Å². The van der Waals surface area contributed by atoms with E-state index in [-0.39, 0.29) is 10.8 Å².